The predicted molar refractivity (Wildman–Crippen MR) is 234 cm³/mol. The molecule has 2 aromatic carbocycles. The average molecular weight is 791 g/mol. The van der Waals surface area contributed by atoms with Crippen molar-refractivity contribution in [2.24, 2.45) is 29.1 Å². The van der Waals surface area contributed by atoms with Gasteiger partial charge in [-0.05, 0) is 71.9 Å². The Balaban J connectivity index is 1.85. The molecule has 3 saturated carbocycles. The highest BCUT2D eigenvalue weighted by Gasteiger charge is 2.62. The molecule has 0 aromatic heterocycles. The van der Waals surface area contributed by atoms with E-state index in [1.54, 1.807) is 0 Å². The molecular weight excluding hydrogens is 709 g/mol. The highest BCUT2D eigenvalue weighted by atomic mass is 16.5. The van der Waals surface area contributed by atoms with Crippen molar-refractivity contribution >= 4 is 0 Å². The van der Waals surface area contributed by atoms with E-state index >= 15 is 0 Å². The lowest BCUT2D eigenvalue weighted by atomic mass is 9.42. The lowest BCUT2D eigenvalue weighted by Crippen LogP contribution is -2.62. The Kier molecular flexibility index (Phi) is 20.6. The van der Waals surface area contributed by atoms with E-state index in [0.717, 1.165) is 37.2 Å². The number of hydrogen-bond acceptors (Lipinski definition) is 6. The number of rotatable bonds is 15. The summed E-state index contributed by atoms with van der Waals surface area (Å²) in [6.45, 7) is 0.256. The van der Waals surface area contributed by atoms with Gasteiger partial charge >= 0.3 is 0 Å². The second kappa shape index (κ2) is 25.5. The first-order valence-corrected chi connectivity index (χ1v) is 24.0. The molecule has 0 radical (unpaired) electrons. The molecule has 0 bridgehead atoms. The number of aliphatic hydroxyl groups is 4. The van der Waals surface area contributed by atoms with E-state index < -0.39 is 10.8 Å². The summed E-state index contributed by atoms with van der Waals surface area (Å²) in [6, 6.07) is 17.4. The van der Waals surface area contributed by atoms with Crippen LogP contribution >= 0.6 is 0 Å². The van der Waals surface area contributed by atoms with Crippen LogP contribution in [0.2, 0.25) is 0 Å². The van der Waals surface area contributed by atoms with Crippen molar-refractivity contribution in [1.82, 2.24) is 0 Å². The Morgan fingerprint density at radius 3 is 1.02 bits per heavy atom. The van der Waals surface area contributed by atoms with Gasteiger partial charge in [0.2, 0.25) is 0 Å². The van der Waals surface area contributed by atoms with Crippen LogP contribution in [0, 0.1) is 29.1 Å². The van der Waals surface area contributed by atoms with Crippen LogP contribution in [0.4, 0.5) is 0 Å². The summed E-state index contributed by atoms with van der Waals surface area (Å²) in [5, 5.41) is 44.4. The van der Waals surface area contributed by atoms with Gasteiger partial charge in [0.15, 0.2) is 0 Å². The highest BCUT2D eigenvalue weighted by Crippen LogP contribution is 2.63. The smallest absolute Gasteiger partial charge is 0.119 e. The minimum atomic E-state index is -0.831. The van der Waals surface area contributed by atoms with Crippen LogP contribution < -0.4 is 9.47 Å². The number of benzene rings is 2. The molecule has 0 saturated heterocycles. The summed E-state index contributed by atoms with van der Waals surface area (Å²) in [7, 11) is 0. The van der Waals surface area contributed by atoms with Gasteiger partial charge in [-0.15, -0.1) is 0 Å². The van der Waals surface area contributed by atoms with E-state index in [1.165, 1.54) is 159 Å². The van der Waals surface area contributed by atoms with Gasteiger partial charge < -0.3 is 29.9 Å². The molecule has 3 aliphatic carbocycles. The Morgan fingerprint density at radius 2 is 0.719 bits per heavy atom. The molecule has 3 fully saturated rings. The van der Waals surface area contributed by atoms with Gasteiger partial charge in [-0.3, -0.25) is 0 Å². The maximum atomic E-state index is 12.6. The molecule has 0 heterocycles. The van der Waals surface area contributed by atoms with Gasteiger partial charge in [0.1, 0.15) is 24.7 Å². The standard InChI is InChI=1S/C51H82O6/c52-36-38-56-47-32-28-45(29-33-47)51(46-30-34-48(35-31-46)57-39-37-53,50(40-54,41-55)44-26-20-14-8-3-9-15-21-27-44)49(42-22-16-10-4-1-5-11-17-23-42)43-24-18-12-6-2-7-13-19-25-43/h28-35,42-44,49,52-55H,1-27,36-41H2. The first kappa shape index (κ1) is 46.0. The minimum absolute atomic E-state index is 0.0400. The maximum Gasteiger partial charge on any atom is 0.119 e. The van der Waals surface area contributed by atoms with Crippen LogP contribution in [0.15, 0.2) is 48.5 Å². The van der Waals surface area contributed by atoms with Crippen LogP contribution in [-0.4, -0.2) is 60.1 Å². The van der Waals surface area contributed by atoms with E-state index in [9.17, 15) is 20.4 Å². The molecule has 6 nitrogen and oxygen atoms in total. The van der Waals surface area contributed by atoms with E-state index in [4.69, 9.17) is 9.47 Å². The maximum absolute atomic E-state index is 12.6. The molecule has 0 aliphatic heterocycles. The summed E-state index contributed by atoms with van der Waals surface area (Å²) in [6.07, 6.45) is 33.3. The topological polar surface area (TPSA) is 99.4 Å². The third-order valence-corrected chi connectivity index (χ3v) is 14.9. The lowest BCUT2D eigenvalue weighted by molar-refractivity contribution is -0.101. The van der Waals surface area contributed by atoms with Crippen LogP contribution in [0.1, 0.15) is 184 Å². The molecule has 0 unspecified atom stereocenters. The molecule has 322 valence electrons. The SMILES string of the molecule is OCCOc1ccc(C(c2ccc(OCCO)cc2)(C(C2CCCCCCCCC2)C2CCCCCCCCC2)C(CO)(CO)C2CCCCCCCCC2)cc1. The monoisotopic (exact) mass is 791 g/mol. The van der Waals surface area contributed by atoms with Crippen molar-refractivity contribution in [2.45, 2.75) is 179 Å². The molecule has 0 amide bonds. The first-order valence-electron chi connectivity index (χ1n) is 24.0. The zero-order valence-electron chi connectivity index (χ0n) is 35.9. The molecule has 5 rings (SSSR count). The van der Waals surface area contributed by atoms with E-state index in [0.29, 0.717) is 11.8 Å². The molecule has 4 N–H and O–H groups in total. The number of hydrogen-bond donors (Lipinski definition) is 4. The summed E-state index contributed by atoms with van der Waals surface area (Å²) < 4.78 is 12.0. The van der Waals surface area contributed by atoms with E-state index in [2.05, 4.69) is 48.5 Å². The van der Waals surface area contributed by atoms with Crippen molar-refractivity contribution in [3.63, 3.8) is 0 Å². The van der Waals surface area contributed by atoms with Crippen molar-refractivity contribution in [2.75, 3.05) is 39.6 Å². The van der Waals surface area contributed by atoms with Gasteiger partial charge in [0.05, 0.1) is 26.4 Å². The van der Waals surface area contributed by atoms with Crippen molar-refractivity contribution in [3.8, 4) is 11.5 Å². The molecular formula is C51H82O6. The van der Waals surface area contributed by atoms with E-state index in [-0.39, 0.29) is 51.5 Å². The first-order chi connectivity index (χ1) is 28.1. The summed E-state index contributed by atoms with van der Waals surface area (Å²) in [5.74, 6) is 2.72. The van der Waals surface area contributed by atoms with Crippen molar-refractivity contribution < 1.29 is 29.9 Å². The van der Waals surface area contributed by atoms with Crippen LogP contribution in [-0.2, 0) is 5.41 Å². The molecule has 0 spiro atoms. The van der Waals surface area contributed by atoms with Gasteiger partial charge in [0, 0.05) is 10.8 Å². The van der Waals surface area contributed by atoms with Gasteiger partial charge in [0.25, 0.3) is 0 Å². The Hall–Kier alpha value is -2.12. The third kappa shape index (κ3) is 12.2. The quantitative estimate of drug-likeness (QED) is 0.143. The normalized spacial score (nSPS) is 20.5. The lowest BCUT2D eigenvalue weighted by Gasteiger charge is -2.61. The molecule has 2 aromatic rings. The fraction of sp³-hybridized carbons (Fsp3) is 0.765. The van der Waals surface area contributed by atoms with Crippen LogP contribution in [0.3, 0.4) is 0 Å². The zero-order valence-corrected chi connectivity index (χ0v) is 35.9. The minimum Gasteiger partial charge on any atom is -0.491 e. The predicted octanol–water partition coefficient (Wildman–Crippen LogP) is 11.7. The summed E-state index contributed by atoms with van der Waals surface area (Å²) in [5.41, 5.74) is 0.826. The van der Waals surface area contributed by atoms with Crippen LogP contribution in [0.25, 0.3) is 0 Å². The Labute approximate surface area is 347 Å². The second-order valence-electron chi connectivity index (χ2n) is 18.4. The molecule has 3 aliphatic rings. The van der Waals surface area contributed by atoms with Gasteiger partial charge in [-0.2, -0.15) is 0 Å². The van der Waals surface area contributed by atoms with Crippen molar-refractivity contribution in [3.05, 3.63) is 59.7 Å². The fourth-order valence-electron chi connectivity index (χ4n) is 12.1. The summed E-state index contributed by atoms with van der Waals surface area (Å²) >= 11 is 0. The number of aliphatic hydroxyl groups excluding tert-OH is 4. The second-order valence-corrected chi connectivity index (χ2v) is 18.4. The largest absolute Gasteiger partial charge is 0.491 e. The number of ether oxygens (including phenoxy) is 2. The fourth-order valence-corrected chi connectivity index (χ4v) is 12.1. The molecule has 6 heteroatoms. The van der Waals surface area contributed by atoms with Gasteiger partial charge in [-0.1, -0.05) is 185 Å². The third-order valence-electron chi connectivity index (χ3n) is 14.9. The van der Waals surface area contributed by atoms with Crippen LogP contribution in [0.5, 0.6) is 11.5 Å². The highest BCUT2D eigenvalue weighted by molar-refractivity contribution is 5.48. The Bertz CT molecular complexity index is 1210. The Morgan fingerprint density at radius 1 is 0.421 bits per heavy atom. The van der Waals surface area contributed by atoms with E-state index in [1.807, 2.05) is 0 Å². The molecule has 57 heavy (non-hydrogen) atoms. The zero-order chi connectivity index (χ0) is 40.0. The van der Waals surface area contributed by atoms with Gasteiger partial charge in [-0.25, -0.2) is 0 Å². The molecule has 0 atom stereocenters. The average Bonchev–Trinajstić information content (AvgIpc) is 3.26. The summed E-state index contributed by atoms with van der Waals surface area (Å²) in [4.78, 5) is 0. The van der Waals surface area contributed by atoms with Crippen molar-refractivity contribution in [1.29, 1.82) is 0 Å².